The molecular weight excluding hydrogens is 356 g/mol. The molecule has 0 unspecified atom stereocenters. The van der Waals surface area contributed by atoms with Crippen molar-refractivity contribution in [2.45, 2.75) is 0 Å². The fourth-order valence-corrected chi connectivity index (χ4v) is 3.06. The normalized spacial score (nSPS) is 13.9. The molecule has 7 nitrogen and oxygen atoms in total. The predicted octanol–water partition coefficient (Wildman–Crippen LogP) is 2.02. The van der Waals surface area contributed by atoms with E-state index in [1.54, 1.807) is 35.2 Å². The number of carbonyl (C=O) groups is 3. The van der Waals surface area contributed by atoms with Crippen LogP contribution in [0.2, 0.25) is 0 Å². The molecule has 1 fully saturated rings. The molecule has 0 spiro atoms. The van der Waals surface area contributed by atoms with Gasteiger partial charge in [-0.2, -0.15) is 0 Å². The van der Waals surface area contributed by atoms with Gasteiger partial charge in [-0.15, -0.1) is 11.3 Å². The van der Waals surface area contributed by atoms with Crippen LogP contribution in [-0.2, 0) is 14.3 Å². The quantitative estimate of drug-likeness (QED) is 0.810. The van der Waals surface area contributed by atoms with E-state index < -0.39 is 5.97 Å². The SMILES string of the molecule is O=C(OCC(=O)N1CCOCC1)c1cccc(NC(=O)c2cccs2)c1. The maximum absolute atomic E-state index is 12.2. The zero-order valence-electron chi connectivity index (χ0n) is 14.0. The van der Waals surface area contributed by atoms with Crippen molar-refractivity contribution in [1.82, 2.24) is 4.90 Å². The second-order valence-corrected chi connectivity index (χ2v) is 6.53. The number of carbonyl (C=O) groups excluding carboxylic acids is 3. The van der Waals surface area contributed by atoms with Crippen LogP contribution in [0.4, 0.5) is 5.69 Å². The number of benzene rings is 1. The van der Waals surface area contributed by atoms with Crippen molar-refractivity contribution in [3.05, 3.63) is 52.2 Å². The molecule has 1 saturated heterocycles. The molecule has 1 N–H and O–H groups in total. The first-order chi connectivity index (χ1) is 12.6. The summed E-state index contributed by atoms with van der Waals surface area (Å²) in [5.41, 5.74) is 0.751. The van der Waals surface area contributed by atoms with Crippen LogP contribution in [0.5, 0.6) is 0 Å². The van der Waals surface area contributed by atoms with E-state index in [4.69, 9.17) is 9.47 Å². The van der Waals surface area contributed by atoms with Gasteiger partial charge in [0.15, 0.2) is 6.61 Å². The minimum Gasteiger partial charge on any atom is -0.452 e. The number of ether oxygens (including phenoxy) is 2. The number of nitrogens with one attached hydrogen (secondary N) is 1. The molecule has 1 aromatic carbocycles. The van der Waals surface area contributed by atoms with Crippen molar-refractivity contribution in [1.29, 1.82) is 0 Å². The first-order valence-corrected chi connectivity index (χ1v) is 8.99. The average Bonchev–Trinajstić information content (AvgIpc) is 3.22. The first kappa shape index (κ1) is 18.1. The Bertz CT molecular complexity index is 785. The van der Waals surface area contributed by atoms with Crippen molar-refractivity contribution >= 4 is 34.8 Å². The van der Waals surface area contributed by atoms with Crippen molar-refractivity contribution in [2.24, 2.45) is 0 Å². The number of anilines is 1. The summed E-state index contributed by atoms with van der Waals surface area (Å²) in [5.74, 6) is -1.10. The number of morpholine rings is 1. The number of hydrogen-bond donors (Lipinski definition) is 1. The lowest BCUT2D eigenvalue weighted by atomic mass is 10.2. The molecule has 136 valence electrons. The zero-order valence-corrected chi connectivity index (χ0v) is 14.8. The van der Waals surface area contributed by atoms with E-state index in [1.807, 2.05) is 5.38 Å². The summed E-state index contributed by atoms with van der Waals surface area (Å²) in [6.45, 7) is 1.67. The fourth-order valence-electron chi connectivity index (χ4n) is 2.44. The van der Waals surface area contributed by atoms with Gasteiger partial charge in [-0.05, 0) is 29.6 Å². The monoisotopic (exact) mass is 374 g/mol. The van der Waals surface area contributed by atoms with Gasteiger partial charge in [-0.1, -0.05) is 12.1 Å². The Morgan fingerprint density at radius 1 is 1.15 bits per heavy atom. The molecule has 2 amide bonds. The highest BCUT2D eigenvalue weighted by Crippen LogP contribution is 2.15. The van der Waals surface area contributed by atoms with Crippen LogP contribution in [-0.4, -0.2) is 55.6 Å². The third-order valence-electron chi connectivity index (χ3n) is 3.79. The highest BCUT2D eigenvalue weighted by molar-refractivity contribution is 7.12. The zero-order chi connectivity index (χ0) is 18.4. The predicted molar refractivity (Wildman–Crippen MR) is 96.4 cm³/mol. The van der Waals surface area contributed by atoms with Crippen molar-refractivity contribution in [2.75, 3.05) is 38.2 Å². The maximum Gasteiger partial charge on any atom is 0.338 e. The number of rotatable bonds is 5. The summed E-state index contributed by atoms with van der Waals surface area (Å²) in [6.07, 6.45) is 0. The van der Waals surface area contributed by atoms with Crippen molar-refractivity contribution in [3.63, 3.8) is 0 Å². The van der Waals surface area contributed by atoms with Gasteiger partial charge in [0, 0.05) is 18.8 Å². The van der Waals surface area contributed by atoms with E-state index in [-0.39, 0.29) is 24.0 Å². The molecule has 1 aromatic heterocycles. The van der Waals surface area contributed by atoms with E-state index in [0.29, 0.717) is 36.9 Å². The van der Waals surface area contributed by atoms with E-state index in [1.165, 1.54) is 17.4 Å². The summed E-state index contributed by atoms with van der Waals surface area (Å²) in [5, 5.41) is 4.54. The number of hydrogen-bond acceptors (Lipinski definition) is 6. The average molecular weight is 374 g/mol. The number of nitrogens with zero attached hydrogens (tertiary/aromatic N) is 1. The molecule has 0 saturated carbocycles. The second-order valence-electron chi connectivity index (χ2n) is 5.58. The van der Waals surface area contributed by atoms with E-state index in [2.05, 4.69) is 5.32 Å². The van der Waals surface area contributed by atoms with Crippen LogP contribution >= 0.6 is 11.3 Å². The molecule has 8 heteroatoms. The molecular formula is C18H18N2O5S. The molecule has 1 aliphatic heterocycles. The lowest BCUT2D eigenvalue weighted by molar-refractivity contribution is -0.138. The summed E-state index contributed by atoms with van der Waals surface area (Å²) < 4.78 is 10.3. The summed E-state index contributed by atoms with van der Waals surface area (Å²) in [4.78, 5) is 38.4. The van der Waals surface area contributed by atoms with Crippen LogP contribution in [0.15, 0.2) is 41.8 Å². The van der Waals surface area contributed by atoms with Gasteiger partial charge in [0.05, 0.1) is 23.7 Å². The van der Waals surface area contributed by atoms with Gasteiger partial charge in [0.2, 0.25) is 0 Å². The van der Waals surface area contributed by atoms with Crippen LogP contribution in [0, 0.1) is 0 Å². The second kappa shape index (κ2) is 8.59. The summed E-state index contributed by atoms with van der Waals surface area (Å²) >= 11 is 1.33. The highest BCUT2D eigenvalue weighted by Gasteiger charge is 2.19. The molecule has 0 bridgehead atoms. The molecule has 3 rings (SSSR count). The van der Waals surface area contributed by atoms with Gasteiger partial charge in [0.1, 0.15) is 0 Å². The molecule has 2 aromatic rings. The summed E-state index contributed by atoms with van der Waals surface area (Å²) in [6, 6.07) is 9.93. The lowest BCUT2D eigenvalue weighted by Crippen LogP contribution is -2.42. The molecule has 26 heavy (non-hydrogen) atoms. The first-order valence-electron chi connectivity index (χ1n) is 8.11. The van der Waals surface area contributed by atoms with E-state index in [0.717, 1.165) is 0 Å². The Morgan fingerprint density at radius 3 is 2.69 bits per heavy atom. The topological polar surface area (TPSA) is 84.9 Å². The Hall–Kier alpha value is -2.71. The van der Waals surface area contributed by atoms with Crippen molar-refractivity contribution < 1.29 is 23.9 Å². The Morgan fingerprint density at radius 2 is 1.96 bits per heavy atom. The van der Waals surface area contributed by atoms with Crippen molar-refractivity contribution in [3.8, 4) is 0 Å². The highest BCUT2D eigenvalue weighted by atomic mass is 32.1. The smallest absolute Gasteiger partial charge is 0.338 e. The van der Waals surface area contributed by atoms with Crippen LogP contribution in [0.3, 0.4) is 0 Å². The Kier molecular flexibility index (Phi) is 5.98. The van der Waals surface area contributed by atoms with Crippen LogP contribution in [0.25, 0.3) is 0 Å². The molecule has 0 atom stereocenters. The molecule has 0 aliphatic carbocycles. The number of esters is 1. The Balaban J connectivity index is 1.56. The minimum absolute atomic E-state index is 0.243. The maximum atomic E-state index is 12.2. The lowest BCUT2D eigenvalue weighted by Gasteiger charge is -2.26. The minimum atomic E-state index is -0.612. The van der Waals surface area contributed by atoms with Gasteiger partial charge in [0.25, 0.3) is 11.8 Å². The summed E-state index contributed by atoms with van der Waals surface area (Å²) in [7, 11) is 0. The Labute approximate surface area is 154 Å². The molecule has 1 aliphatic rings. The third-order valence-corrected chi connectivity index (χ3v) is 4.66. The number of amides is 2. The molecule has 0 radical (unpaired) electrons. The standard InChI is InChI=1S/C18H18N2O5S/c21-16(20-6-8-24-9-7-20)12-25-18(23)13-3-1-4-14(11-13)19-17(22)15-5-2-10-26-15/h1-5,10-11H,6-9,12H2,(H,19,22). The molecule has 2 heterocycles. The van der Waals surface area contributed by atoms with E-state index >= 15 is 0 Å². The third kappa shape index (κ3) is 4.68. The number of thiophene rings is 1. The van der Waals surface area contributed by atoms with Gasteiger partial charge < -0.3 is 19.7 Å². The largest absolute Gasteiger partial charge is 0.452 e. The van der Waals surface area contributed by atoms with Gasteiger partial charge in [-0.3, -0.25) is 9.59 Å². The van der Waals surface area contributed by atoms with Crippen LogP contribution in [0.1, 0.15) is 20.0 Å². The van der Waals surface area contributed by atoms with Gasteiger partial charge in [-0.25, -0.2) is 4.79 Å². The van der Waals surface area contributed by atoms with Gasteiger partial charge >= 0.3 is 5.97 Å². The fraction of sp³-hybridized carbons (Fsp3) is 0.278. The van der Waals surface area contributed by atoms with E-state index in [9.17, 15) is 14.4 Å². The van der Waals surface area contributed by atoms with Crippen LogP contribution < -0.4 is 5.32 Å².